The first kappa shape index (κ1) is 18.3. The largest absolute Gasteiger partial charge is 0.481 e. The van der Waals surface area contributed by atoms with Crippen molar-refractivity contribution in [2.45, 2.75) is 39.3 Å². The van der Waals surface area contributed by atoms with Crippen molar-refractivity contribution in [3.05, 3.63) is 35.4 Å². The highest BCUT2D eigenvalue weighted by Gasteiger charge is 2.27. The fraction of sp³-hybridized carbons (Fsp3) is 0.556. The number of nitrogens with one attached hydrogen (secondary N) is 1. The molecule has 24 heavy (non-hydrogen) atoms. The van der Waals surface area contributed by atoms with Crippen LogP contribution in [0.3, 0.4) is 0 Å². The van der Waals surface area contributed by atoms with Gasteiger partial charge in [-0.2, -0.15) is 0 Å². The molecule has 0 radical (unpaired) electrons. The molecule has 2 rings (SSSR count). The summed E-state index contributed by atoms with van der Waals surface area (Å²) in [6, 6.07) is 7.66. The number of carbonyl (C=O) groups is 2. The molecule has 1 fully saturated rings. The van der Waals surface area contributed by atoms with Gasteiger partial charge >= 0.3 is 12.0 Å². The van der Waals surface area contributed by atoms with Crippen LogP contribution in [0.5, 0.6) is 0 Å². The molecule has 132 valence electrons. The first-order chi connectivity index (χ1) is 11.6. The van der Waals surface area contributed by atoms with Crippen LogP contribution in [0.1, 0.15) is 37.3 Å². The number of aliphatic carboxylic acids is 1. The van der Waals surface area contributed by atoms with Gasteiger partial charge in [0.15, 0.2) is 0 Å². The van der Waals surface area contributed by atoms with Crippen LogP contribution in [0.2, 0.25) is 0 Å². The number of hydrogen-bond acceptors (Lipinski definition) is 3. The Hall–Kier alpha value is -2.08. The van der Waals surface area contributed by atoms with Gasteiger partial charge < -0.3 is 20.1 Å². The van der Waals surface area contributed by atoms with Crippen LogP contribution in [0.15, 0.2) is 24.3 Å². The third-order valence-corrected chi connectivity index (χ3v) is 4.21. The van der Waals surface area contributed by atoms with E-state index in [9.17, 15) is 9.59 Å². The van der Waals surface area contributed by atoms with Crippen molar-refractivity contribution in [1.82, 2.24) is 10.2 Å². The molecule has 0 saturated carbocycles. The molecule has 0 spiro atoms. The number of likely N-dealkylation sites (tertiary alicyclic amines) is 1. The Labute approximate surface area is 142 Å². The Kier molecular flexibility index (Phi) is 7.06. The van der Waals surface area contributed by atoms with Crippen LogP contribution in [0.25, 0.3) is 0 Å². The molecule has 0 aliphatic carbocycles. The maximum Gasteiger partial charge on any atom is 0.317 e. The Morgan fingerprint density at radius 1 is 1.33 bits per heavy atom. The van der Waals surface area contributed by atoms with E-state index in [0.717, 1.165) is 24.0 Å². The van der Waals surface area contributed by atoms with E-state index in [1.807, 2.05) is 24.3 Å². The Balaban J connectivity index is 1.88. The Morgan fingerprint density at radius 2 is 2.08 bits per heavy atom. The highest BCUT2D eigenvalue weighted by atomic mass is 16.5. The van der Waals surface area contributed by atoms with E-state index in [-0.39, 0.29) is 12.6 Å². The van der Waals surface area contributed by atoms with E-state index < -0.39 is 11.9 Å². The van der Waals surface area contributed by atoms with Crippen molar-refractivity contribution in [3.8, 4) is 0 Å². The van der Waals surface area contributed by atoms with Gasteiger partial charge in [-0.3, -0.25) is 4.79 Å². The average molecular weight is 334 g/mol. The zero-order valence-electron chi connectivity index (χ0n) is 14.2. The zero-order valence-corrected chi connectivity index (χ0v) is 14.2. The highest BCUT2D eigenvalue weighted by molar-refractivity contribution is 5.76. The fourth-order valence-corrected chi connectivity index (χ4v) is 2.84. The summed E-state index contributed by atoms with van der Waals surface area (Å²) in [6.07, 6.45) is 2.33. The van der Waals surface area contributed by atoms with Gasteiger partial charge in [-0.1, -0.05) is 31.2 Å². The predicted octanol–water partition coefficient (Wildman–Crippen LogP) is 2.62. The number of carbonyl (C=O) groups excluding carboxylic acids is 1. The van der Waals surface area contributed by atoms with Crippen molar-refractivity contribution >= 4 is 12.0 Å². The van der Waals surface area contributed by atoms with E-state index in [2.05, 4.69) is 12.2 Å². The molecule has 2 amide bonds. The number of carboxylic acids is 1. The topological polar surface area (TPSA) is 78.9 Å². The molecule has 6 nitrogen and oxygen atoms in total. The summed E-state index contributed by atoms with van der Waals surface area (Å²) < 4.78 is 5.58. The van der Waals surface area contributed by atoms with Crippen LogP contribution in [0.4, 0.5) is 4.79 Å². The minimum absolute atomic E-state index is 0.203. The van der Waals surface area contributed by atoms with Crippen molar-refractivity contribution in [2.75, 3.05) is 19.7 Å². The second-order valence-corrected chi connectivity index (χ2v) is 6.10. The van der Waals surface area contributed by atoms with E-state index in [0.29, 0.717) is 32.7 Å². The summed E-state index contributed by atoms with van der Waals surface area (Å²) in [5.74, 6) is -1.29. The van der Waals surface area contributed by atoms with Crippen LogP contribution >= 0.6 is 0 Å². The molecule has 1 unspecified atom stereocenters. The van der Waals surface area contributed by atoms with Gasteiger partial charge in [-0.25, -0.2) is 4.79 Å². The number of nitrogens with zero attached hydrogens (tertiary/aromatic N) is 1. The summed E-state index contributed by atoms with van der Waals surface area (Å²) in [4.78, 5) is 25.0. The zero-order chi connectivity index (χ0) is 17.4. The summed E-state index contributed by atoms with van der Waals surface area (Å²) >= 11 is 0. The van der Waals surface area contributed by atoms with Crippen molar-refractivity contribution in [1.29, 1.82) is 0 Å². The molecule has 1 aromatic carbocycles. The maximum atomic E-state index is 12.3. The number of piperidine rings is 1. The van der Waals surface area contributed by atoms with E-state index >= 15 is 0 Å². The summed E-state index contributed by atoms with van der Waals surface area (Å²) in [7, 11) is 0. The third-order valence-electron chi connectivity index (χ3n) is 4.21. The number of urea groups is 1. The van der Waals surface area contributed by atoms with Crippen molar-refractivity contribution in [3.63, 3.8) is 0 Å². The van der Waals surface area contributed by atoms with Crippen molar-refractivity contribution in [2.24, 2.45) is 5.92 Å². The van der Waals surface area contributed by atoms with Crippen LogP contribution < -0.4 is 5.32 Å². The standard InChI is InChI=1S/C18H26N2O4/c1-2-10-24-13-16-7-4-3-6-14(16)11-19-18(23)20-9-5-8-15(12-20)17(21)22/h3-4,6-7,15H,2,5,8-13H2,1H3,(H,19,23)(H,21,22). The first-order valence-electron chi connectivity index (χ1n) is 8.52. The lowest BCUT2D eigenvalue weighted by Gasteiger charge is -2.30. The molecular weight excluding hydrogens is 308 g/mol. The lowest BCUT2D eigenvalue weighted by atomic mass is 9.99. The molecule has 1 saturated heterocycles. The number of rotatable bonds is 7. The molecule has 1 aliphatic heterocycles. The molecular formula is C18H26N2O4. The normalized spacial score (nSPS) is 17.5. The average Bonchev–Trinajstić information content (AvgIpc) is 2.61. The van der Waals surface area contributed by atoms with E-state index in [1.165, 1.54) is 0 Å². The van der Waals surface area contributed by atoms with Gasteiger partial charge in [0.2, 0.25) is 0 Å². The Bertz CT molecular complexity index is 562. The SMILES string of the molecule is CCCOCc1ccccc1CNC(=O)N1CCCC(C(=O)O)C1. The number of ether oxygens (including phenoxy) is 1. The minimum Gasteiger partial charge on any atom is -0.481 e. The van der Waals surface area contributed by atoms with Gasteiger partial charge in [-0.05, 0) is 30.4 Å². The van der Waals surface area contributed by atoms with Gasteiger partial charge in [-0.15, -0.1) is 0 Å². The second-order valence-electron chi connectivity index (χ2n) is 6.10. The quantitative estimate of drug-likeness (QED) is 0.751. The molecule has 0 bridgehead atoms. The van der Waals surface area contributed by atoms with Crippen LogP contribution in [-0.2, 0) is 22.7 Å². The number of amides is 2. The molecule has 0 aromatic heterocycles. The van der Waals surface area contributed by atoms with E-state index in [4.69, 9.17) is 9.84 Å². The third kappa shape index (κ3) is 5.23. The fourth-order valence-electron chi connectivity index (χ4n) is 2.84. The predicted molar refractivity (Wildman–Crippen MR) is 90.6 cm³/mol. The van der Waals surface area contributed by atoms with Gasteiger partial charge in [0.1, 0.15) is 0 Å². The van der Waals surface area contributed by atoms with Gasteiger partial charge in [0.05, 0.1) is 12.5 Å². The second kappa shape index (κ2) is 9.27. The molecule has 1 atom stereocenters. The van der Waals surface area contributed by atoms with Crippen molar-refractivity contribution < 1.29 is 19.4 Å². The molecule has 6 heteroatoms. The van der Waals surface area contributed by atoms with Gasteiger partial charge in [0.25, 0.3) is 0 Å². The molecule has 2 N–H and O–H groups in total. The molecule has 1 aromatic rings. The number of carboxylic acid groups (broad SMARTS) is 1. The summed E-state index contributed by atoms with van der Waals surface area (Å²) in [6.45, 7) is 4.61. The smallest absolute Gasteiger partial charge is 0.317 e. The summed E-state index contributed by atoms with van der Waals surface area (Å²) in [5, 5.41) is 12.0. The summed E-state index contributed by atoms with van der Waals surface area (Å²) in [5.41, 5.74) is 2.09. The highest BCUT2D eigenvalue weighted by Crippen LogP contribution is 2.17. The maximum absolute atomic E-state index is 12.3. The number of benzene rings is 1. The minimum atomic E-state index is -0.828. The monoisotopic (exact) mass is 334 g/mol. The van der Waals surface area contributed by atoms with Gasteiger partial charge in [0, 0.05) is 26.2 Å². The molecule has 1 heterocycles. The first-order valence-corrected chi connectivity index (χ1v) is 8.52. The lowest BCUT2D eigenvalue weighted by Crippen LogP contribution is -2.46. The van der Waals surface area contributed by atoms with Crippen LogP contribution in [-0.4, -0.2) is 41.7 Å². The van der Waals surface area contributed by atoms with E-state index in [1.54, 1.807) is 4.90 Å². The number of hydrogen-bond donors (Lipinski definition) is 2. The molecule has 1 aliphatic rings. The lowest BCUT2D eigenvalue weighted by molar-refractivity contribution is -0.143. The van der Waals surface area contributed by atoms with Crippen LogP contribution in [0, 0.1) is 5.92 Å². The Morgan fingerprint density at radius 3 is 2.79 bits per heavy atom.